The summed E-state index contributed by atoms with van der Waals surface area (Å²) in [6, 6.07) is 0. The van der Waals surface area contributed by atoms with Crippen LogP contribution in [0, 0.1) is 0 Å². The fourth-order valence-corrected chi connectivity index (χ4v) is 0.838. The molecule has 1 atom stereocenters. The van der Waals surface area contributed by atoms with Crippen LogP contribution in [0.5, 0.6) is 0 Å². The highest BCUT2D eigenvalue weighted by Crippen LogP contribution is 2.05. The minimum absolute atomic E-state index is 0.0790. The standard InChI is InChI=1S/C10H18O2/c1-9(6-7-11)4-3-5-10(2)8-12/h5-6,11-12H,3-4,7-8H2,1-2H3/b9-6+,10-5+/i8T. The van der Waals surface area contributed by atoms with E-state index < -0.39 is 6.58 Å². The largest absolute Gasteiger partial charge is 0.392 e. The lowest BCUT2D eigenvalue weighted by Crippen LogP contribution is -1.85. The first-order chi connectivity index (χ1) is 6.07. The van der Waals surface area contributed by atoms with Crippen molar-refractivity contribution in [1.29, 1.82) is 0 Å². The fraction of sp³-hybridized carbons (Fsp3) is 0.600. The molecule has 0 aromatic heterocycles. The smallest absolute Gasteiger partial charge is 0.0639 e. The van der Waals surface area contributed by atoms with Crippen molar-refractivity contribution in [2.45, 2.75) is 26.7 Å². The number of allylic oxidation sites excluding steroid dienone is 2. The highest BCUT2D eigenvalue weighted by atomic mass is 16.3. The van der Waals surface area contributed by atoms with Gasteiger partial charge in [0.15, 0.2) is 0 Å². The Hall–Kier alpha value is -0.600. The van der Waals surface area contributed by atoms with Crippen LogP contribution in [0.15, 0.2) is 23.3 Å². The van der Waals surface area contributed by atoms with E-state index in [0.29, 0.717) is 5.57 Å². The Morgan fingerprint density at radius 1 is 1.25 bits per heavy atom. The summed E-state index contributed by atoms with van der Waals surface area (Å²) in [5, 5.41) is 17.4. The summed E-state index contributed by atoms with van der Waals surface area (Å²) in [6.07, 6.45) is 5.29. The van der Waals surface area contributed by atoms with Gasteiger partial charge in [-0.1, -0.05) is 23.3 Å². The Labute approximate surface area is 75.6 Å². The van der Waals surface area contributed by atoms with Crippen LogP contribution in [0.2, 0.25) is 0 Å². The summed E-state index contributed by atoms with van der Waals surface area (Å²) in [5.74, 6) is 0. The molecule has 12 heavy (non-hydrogen) atoms. The minimum Gasteiger partial charge on any atom is -0.392 e. The van der Waals surface area contributed by atoms with Gasteiger partial charge in [0.05, 0.1) is 14.6 Å². The van der Waals surface area contributed by atoms with Gasteiger partial charge in [0.2, 0.25) is 0 Å². The number of aliphatic hydroxyl groups excluding tert-OH is 2. The van der Waals surface area contributed by atoms with Crippen molar-refractivity contribution in [1.82, 2.24) is 0 Å². The number of hydrogen-bond acceptors (Lipinski definition) is 2. The fourth-order valence-electron chi connectivity index (χ4n) is 0.838. The second-order valence-corrected chi connectivity index (χ2v) is 2.85. The molecular formula is C10H18O2. The summed E-state index contributed by atoms with van der Waals surface area (Å²) in [6.45, 7) is 2.68. The van der Waals surface area contributed by atoms with Gasteiger partial charge in [-0.3, -0.25) is 0 Å². The highest BCUT2D eigenvalue weighted by molar-refractivity contribution is 5.03. The topological polar surface area (TPSA) is 40.5 Å². The van der Waals surface area contributed by atoms with Crippen molar-refractivity contribution in [3.05, 3.63) is 23.3 Å². The van der Waals surface area contributed by atoms with Crippen molar-refractivity contribution < 1.29 is 11.6 Å². The van der Waals surface area contributed by atoms with Gasteiger partial charge in [-0.25, -0.2) is 0 Å². The van der Waals surface area contributed by atoms with Gasteiger partial charge < -0.3 is 10.2 Å². The predicted octanol–water partition coefficient (Wildman–Crippen LogP) is 1.64. The van der Waals surface area contributed by atoms with Crippen LogP contribution >= 0.6 is 0 Å². The Balaban J connectivity index is 3.78. The summed E-state index contributed by atoms with van der Waals surface area (Å²) in [4.78, 5) is 0. The normalized spacial score (nSPS) is 17.5. The molecule has 2 N–H and O–H groups in total. The molecule has 0 radical (unpaired) electrons. The van der Waals surface area contributed by atoms with Crippen LogP contribution < -0.4 is 0 Å². The van der Waals surface area contributed by atoms with Crippen LogP contribution in [0.1, 0.15) is 28.1 Å². The lowest BCUT2D eigenvalue weighted by atomic mass is 10.1. The van der Waals surface area contributed by atoms with Gasteiger partial charge in [0.25, 0.3) is 0 Å². The van der Waals surface area contributed by atoms with Crippen LogP contribution in [0.3, 0.4) is 0 Å². The highest BCUT2D eigenvalue weighted by Gasteiger charge is 1.88. The van der Waals surface area contributed by atoms with Crippen LogP contribution in [0.25, 0.3) is 0 Å². The Kier molecular flexibility index (Phi) is 5.59. The van der Waals surface area contributed by atoms with E-state index >= 15 is 0 Å². The van der Waals surface area contributed by atoms with Crippen molar-refractivity contribution in [3.8, 4) is 0 Å². The SMILES string of the molecule is [3H]C(O)/C(C)=C/CC/C(C)=C/CO. The van der Waals surface area contributed by atoms with Crippen molar-refractivity contribution in [2.24, 2.45) is 0 Å². The van der Waals surface area contributed by atoms with Crippen molar-refractivity contribution >= 4 is 0 Å². The molecule has 2 nitrogen and oxygen atoms in total. The van der Waals surface area contributed by atoms with E-state index in [9.17, 15) is 0 Å². The molecule has 0 bridgehead atoms. The first kappa shape index (κ1) is 9.49. The Morgan fingerprint density at radius 3 is 2.42 bits per heavy atom. The lowest BCUT2D eigenvalue weighted by Gasteiger charge is -1.97. The second-order valence-electron chi connectivity index (χ2n) is 2.85. The Bertz CT molecular complexity index is 195. The van der Waals surface area contributed by atoms with E-state index in [4.69, 9.17) is 11.6 Å². The lowest BCUT2D eigenvalue weighted by molar-refractivity contribution is 0.331. The molecular weight excluding hydrogens is 152 g/mol. The molecule has 0 aromatic carbocycles. The van der Waals surface area contributed by atoms with Crippen molar-refractivity contribution in [2.75, 3.05) is 13.2 Å². The van der Waals surface area contributed by atoms with Gasteiger partial charge in [0.1, 0.15) is 0 Å². The molecule has 0 amide bonds. The summed E-state index contributed by atoms with van der Waals surface area (Å²) in [7, 11) is 0. The maximum Gasteiger partial charge on any atom is 0.0639 e. The van der Waals surface area contributed by atoms with Gasteiger partial charge in [0, 0.05) is 0 Å². The first-order valence-electron chi connectivity index (χ1n) is 4.69. The van der Waals surface area contributed by atoms with E-state index in [1.165, 1.54) is 0 Å². The zero-order chi connectivity index (χ0) is 10.3. The molecule has 0 rings (SSSR count). The molecule has 0 aliphatic heterocycles. The average molecular weight is 172 g/mol. The minimum atomic E-state index is -1.10. The number of hydrogen-bond donors (Lipinski definition) is 2. The molecule has 0 fully saturated rings. The average Bonchev–Trinajstić information content (AvgIpc) is 2.04. The van der Waals surface area contributed by atoms with E-state index in [-0.39, 0.29) is 6.61 Å². The predicted molar refractivity (Wildman–Crippen MR) is 50.9 cm³/mol. The maximum absolute atomic E-state index is 8.83. The molecule has 0 spiro atoms. The first-order valence-corrected chi connectivity index (χ1v) is 4.11. The zero-order valence-electron chi connectivity index (χ0n) is 8.75. The van der Waals surface area contributed by atoms with E-state index in [1.807, 2.05) is 13.0 Å². The van der Waals surface area contributed by atoms with Crippen LogP contribution in [0.4, 0.5) is 0 Å². The quantitative estimate of drug-likeness (QED) is 0.619. The maximum atomic E-state index is 8.83. The van der Waals surface area contributed by atoms with Gasteiger partial charge in [-0.2, -0.15) is 0 Å². The zero-order valence-corrected chi connectivity index (χ0v) is 7.75. The molecule has 0 aliphatic rings. The molecule has 70 valence electrons. The van der Waals surface area contributed by atoms with E-state index in [2.05, 4.69) is 0 Å². The number of aliphatic hydroxyl groups is 2. The van der Waals surface area contributed by atoms with E-state index in [1.54, 1.807) is 13.0 Å². The van der Waals surface area contributed by atoms with Gasteiger partial charge in [-0.15, -0.1) is 0 Å². The van der Waals surface area contributed by atoms with E-state index in [0.717, 1.165) is 18.4 Å². The number of rotatable bonds is 5. The third-order valence-electron chi connectivity index (χ3n) is 1.65. The third-order valence-corrected chi connectivity index (χ3v) is 1.65. The Morgan fingerprint density at radius 2 is 1.92 bits per heavy atom. The molecule has 0 saturated carbocycles. The van der Waals surface area contributed by atoms with Crippen LogP contribution in [-0.4, -0.2) is 23.4 Å². The molecule has 2 heteroatoms. The van der Waals surface area contributed by atoms with Gasteiger partial charge >= 0.3 is 0 Å². The van der Waals surface area contributed by atoms with Crippen molar-refractivity contribution in [3.63, 3.8) is 0 Å². The van der Waals surface area contributed by atoms with Gasteiger partial charge in [-0.05, 0) is 26.7 Å². The summed E-state index contributed by atoms with van der Waals surface area (Å²) < 4.78 is 6.98. The molecule has 0 heterocycles. The van der Waals surface area contributed by atoms with Crippen LogP contribution in [-0.2, 0) is 0 Å². The molecule has 1 unspecified atom stereocenters. The third kappa shape index (κ3) is 6.13. The second kappa shape index (κ2) is 7.07. The molecule has 0 aliphatic carbocycles. The molecule has 0 saturated heterocycles. The summed E-state index contributed by atoms with van der Waals surface area (Å²) >= 11 is 0. The molecule has 0 aromatic rings. The summed E-state index contributed by atoms with van der Waals surface area (Å²) in [5.41, 5.74) is 1.81. The monoisotopic (exact) mass is 172 g/mol.